The third-order valence-corrected chi connectivity index (χ3v) is 25.9. The molecule has 5 aromatic heterocycles. The Kier molecular flexibility index (Phi) is 47.7. The Morgan fingerprint density at radius 1 is 0.515 bits per heavy atom. The Morgan fingerprint density at radius 3 is 1.34 bits per heavy atom. The van der Waals surface area contributed by atoms with Crippen LogP contribution in [0.3, 0.4) is 0 Å². The first-order valence-corrected chi connectivity index (χ1v) is 47.3. The highest BCUT2D eigenvalue weighted by atomic mass is 35.5. The van der Waals surface area contributed by atoms with Crippen LogP contribution in [0.1, 0.15) is 152 Å². The topological polar surface area (TPSA) is 457 Å². The average molecular weight is 2090 g/mol. The van der Waals surface area contributed by atoms with Gasteiger partial charge in [0.15, 0.2) is 12.1 Å². The largest absolute Gasteiger partial charge is 0.481 e. The Hall–Kier alpha value is -10.9. The van der Waals surface area contributed by atoms with E-state index in [2.05, 4.69) is 34.4 Å². The molecule has 2 aliphatic rings. The van der Waals surface area contributed by atoms with Gasteiger partial charge in [-0.15, -0.1) is 68.3 Å². The molecule has 0 bridgehead atoms. The summed E-state index contributed by atoms with van der Waals surface area (Å²) in [5.74, 6) is -11.8. The average Bonchev–Trinajstić information content (AvgIpc) is 1.72. The van der Waals surface area contributed by atoms with Crippen molar-refractivity contribution in [3.8, 4) is 52.6 Å². The van der Waals surface area contributed by atoms with Crippen molar-refractivity contribution in [3.63, 3.8) is 0 Å². The number of esters is 6. The van der Waals surface area contributed by atoms with Crippen LogP contribution in [0.15, 0.2) is 177 Å². The lowest BCUT2D eigenvalue weighted by Gasteiger charge is -2.42. The van der Waals surface area contributed by atoms with E-state index in [4.69, 9.17) is 129 Å². The summed E-state index contributed by atoms with van der Waals surface area (Å²) in [6.45, 7) is 10.4. The SMILES string of the molecule is CCOC(=O)C1C(=O)CC(C)(O)C(C(=O)OCC)C1c1ncc(-c2ccc(Cl)cc2)s1.CCOC(=O)CC(=O)CC(CC(=O)O)c1cnc(-c2ccc(Cl)cc2)s1.CCOC(C)=O.NC(=S)c1ccc(Cl)cc1.O=C(O)CC(CC(=O)O)c1ncc(-c2ccc(Cl)cc2)s1.O=C1CC(c2cnc(-c3ccc(Cl)cc3)s2)CC(=O)O1.O=CC(Cl)C=O.O=Cc1cnc(-c2ccc(Cl)cc2)s1. The number of aromatic nitrogens is 5. The maximum Gasteiger partial charge on any atom is 0.317 e. The molecule has 11 aromatic rings. The Labute approximate surface area is 829 Å². The van der Waals surface area contributed by atoms with E-state index in [1.807, 2.05) is 60.7 Å². The molecule has 42 heteroatoms. The number of carbonyl (C=O) groups excluding carboxylic acids is 11. The molecule has 2 fully saturated rings. The Morgan fingerprint density at radius 2 is 0.925 bits per heavy atom. The lowest BCUT2D eigenvalue weighted by Crippen LogP contribution is -2.55. The minimum Gasteiger partial charge on any atom is -0.481 e. The molecule has 0 radical (unpaired) electrons. The molecular weight excluding hydrogens is 2000 g/mol. The summed E-state index contributed by atoms with van der Waals surface area (Å²) >= 11 is 51.3. The number of aldehydes is 3. The summed E-state index contributed by atoms with van der Waals surface area (Å²) in [5, 5.41) is 44.1. The maximum atomic E-state index is 12.9. The van der Waals surface area contributed by atoms with Crippen LogP contribution < -0.4 is 5.73 Å². The first-order valence-electron chi connectivity index (χ1n) is 40.1. The smallest absolute Gasteiger partial charge is 0.317 e. The van der Waals surface area contributed by atoms with Crippen LogP contribution in [0.2, 0.25) is 30.1 Å². The standard InChI is InChI=1S/C22H24ClNO6S.C18H18ClNO5S.C14H12ClNO4S.C14H10ClNO3S.C10H6ClNOS.C7H6ClNS.C4H8O2.C3H3ClO2/c1-4-29-20(26)16-14(25)10-22(3,28)18(21(27)30-5-2)17(16)19-24-11-15(31-19)12-6-8-13(23)9-7-12;1-2-25-17(24)9-14(21)7-12(8-16(22)23)15-10-20-18(26-15)11-3-5-13(19)6-4-11;15-10-3-1-8(2-4-10)11-7-16-14(21-11)9(5-12(17)18)6-13(19)20;15-10-3-1-8(2-4-10)14-16-7-11(20-14)9-5-12(17)19-13(18)6-9;11-8-3-1-7(2-4-8)10-12-5-9(6-13)14-10;8-6-3-1-5(2-4-6)7(9)10;1-3-6-4(2)5;4-3(1-5)2-6/h6-9,11,16-18,28H,4-5,10H2,1-3H3;3-6,10,12H,2,7-9H2,1H3,(H,22,23);1-4,7,9H,5-6H2,(H,17,18)(H,19,20);1-4,7,9H,5-6H2;1-6H;1-4H,(H2,9,10);3H2,1-2H3;1-3H. The second-order valence-electron chi connectivity index (χ2n) is 28.3. The van der Waals surface area contributed by atoms with Gasteiger partial charge >= 0.3 is 53.7 Å². The van der Waals surface area contributed by atoms with Crippen LogP contribution in [-0.2, 0) is 86.0 Å². The van der Waals surface area contributed by atoms with E-state index in [1.165, 1.54) is 70.5 Å². The zero-order valence-electron chi connectivity index (χ0n) is 72.0. The number of nitrogens with two attached hydrogens (primary N) is 1. The van der Waals surface area contributed by atoms with Gasteiger partial charge in [0.05, 0.1) is 94.7 Å². The normalized spacial score (nSPS) is 14.8. The van der Waals surface area contributed by atoms with E-state index >= 15 is 0 Å². The first kappa shape index (κ1) is 112. The van der Waals surface area contributed by atoms with Gasteiger partial charge < -0.3 is 59.4 Å². The van der Waals surface area contributed by atoms with Crippen molar-refractivity contribution in [1.82, 2.24) is 24.9 Å². The number of ketones is 2. The van der Waals surface area contributed by atoms with E-state index in [9.17, 15) is 72.2 Å². The van der Waals surface area contributed by atoms with E-state index in [0.717, 1.165) is 64.3 Å². The number of cyclic esters (lactones) is 2. The van der Waals surface area contributed by atoms with Crippen molar-refractivity contribution in [3.05, 3.63) is 237 Å². The number of carboxylic acid groups (broad SMARTS) is 3. The molecule has 0 amide bonds. The van der Waals surface area contributed by atoms with Gasteiger partial charge in [0.2, 0.25) is 0 Å². The number of nitrogens with zero attached hydrogens (tertiary/aromatic N) is 5. The van der Waals surface area contributed by atoms with Crippen molar-refractivity contribution in [2.75, 3.05) is 26.4 Å². The molecule has 6 aromatic carbocycles. The zero-order chi connectivity index (χ0) is 98.9. The van der Waals surface area contributed by atoms with Crippen LogP contribution in [-0.4, -0.2) is 172 Å². The summed E-state index contributed by atoms with van der Waals surface area (Å²) < 4.78 is 24.0. The highest BCUT2D eigenvalue weighted by Crippen LogP contribution is 2.49. The number of thiazole rings is 5. The second kappa shape index (κ2) is 57.1. The predicted molar refractivity (Wildman–Crippen MR) is 519 cm³/mol. The number of thiocarbonyl (C=S) groups is 1. The summed E-state index contributed by atoms with van der Waals surface area (Å²) in [4.78, 5) is 182. The van der Waals surface area contributed by atoms with Crippen molar-refractivity contribution < 1.29 is 111 Å². The number of ether oxygens (including phenoxy) is 5. The van der Waals surface area contributed by atoms with Crippen LogP contribution in [0, 0.1) is 11.8 Å². The molecule has 5 unspecified atom stereocenters. The van der Waals surface area contributed by atoms with Gasteiger partial charge in [-0.2, -0.15) is 0 Å². The summed E-state index contributed by atoms with van der Waals surface area (Å²) in [5.41, 5.74) is 9.07. The molecule has 29 nitrogen and oxygen atoms in total. The lowest BCUT2D eigenvalue weighted by atomic mass is 9.64. The first-order chi connectivity index (χ1) is 63.7. The quantitative estimate of drug-likeness (QED) is 0.00726. The molecule has 5 atom stereocenters. The predicted octanol–water partition coefficient (Wildman–Crippen LogP) is 20.3. The molecule has 6 heterocycles. The molecule has 6 N–H and O–H groups in total. The fourth-order valence-electron chi connectivity index (χ4n) is 12.3. The second-order valence-corrected chi connectivity index (χ2v) is 37.2. The maximum absolute atomic E-state index is 12.9. The van der Waals surface area contributed by atoms with E-state index in [-0.39, 0.29) is 88.9 Å². The van der Waals surface area contributed by atoms with Crippen molar-refractivity contribution >= 4 is 239 Å². The van der Waals surface area contributed by atoms with E-state index in [1.54, 1.807) is 144 Å². The fraction of sp³-hybridized carbons (Fsp3) is 0.283. The molecule has 13 rings (SSSR count). The van der Waals surface area contributed by atoms with Gasteiger partial charge in [-0.05, 0) is 119 Å². The minimum atomic E-state index is -1.69. The highest BCUT2D eigenvalue weighted by molar-refractivity contribution is 7.80. The molecule has 1 saturated heterocycles. The third-order valence-electron chi connectivity index (χ3n) is 18.2. The molecule has 0 spiro atoms. The summed E-state index contributed by atoms with van der Waals surface area (Å²) in [6, 6.07) is 43.3. The van der Waals surface area contributed by atoms with Crippen LogP contribution >= 0.6 is 150 Å². The number of aliphatic carboxylic acids is 3. The number of Topliss-reactive ketones (excluding diaryl/α,β-unsaturated/α-hetero) is 2. The van der Waals surface area contributed by atoms with Crippen molar-refractivity contribution in [2.45, 2.75) is 128 Å². The van der Waals surface area contributed by atoms with Crippen molar-refractivity contribution in [1.29, 1.82) is 0 Å². The Balaban J connectivity index is 0.000000247. The number of hydrogen-bond acceptors (Lipinski definition) is 31. The number of halogens is 7. The summed E-state index contributed by atoms with van der Waals surface area (Å²) in [7, 11) is 0. The molecule has 1 aliphatic carbocycles. The lowest BCUT2D eigenvalue weighted by molar-refractivity contribution is -0.173. The van der Waals surface area contributed by atoms with Gasteiger partial charge in [-0.25, -0.2) is 24.9 Å². The number of benzene rings is 6. The fourth-order valence-corrected chi connectivity index (χ4v) is 18.1. The van der Waals surface area contributed by atoms with Crippen LogP contribution in [0.25, 0.3) is 52.6 Å². The van der Waals surface area contributed by atoms with Gasteiger partial charge in [0.25, 0.3) is 0 Å². The van der Waals surface area contributed by atoms with E-state index in [0.29, 0.717) is 79.1 Å². The van der Waals surface area contributed by atoms with Gasteiger partial charge in [0.1, 0.15) is 56.1 Å². The van der Waals surface area contributed by atoms with Crippen LogP contribution in [0.5, 0.6) is 0 Å². The number of alkyl halides is 1. The third kappa shape index (κ3) is 37.8. The van der Waals surface area contributed by atoms with Crippen molar-refractivity contribution in [2.24, 2.45) is 17.6 Å². The van der Waals surface area contributed by atoms with Gasteiger partial charge in [-0.1, -0.05) is 155 Å². The minimum absolute atomic E-state index is 0.0482. The van der Waals surface area contributed by atoms with Crippen LogP contribution in [0.4, 0.5) is 0 Å². The van der Waals surface area contributed by atoms with E-state index < -0.39 is 94.1 Å². The molecule has 1 saturated carbocycles. The molecule has 708 valence electrons. The Bertz CT molecular complexity index is 5760. The number of aliphatic hydroxyl groups is 1. The monoisotopic (exact) mass is 2080 g/mol. The molecule has 1 aliphatic heterocycles. The van der Waals surface area contributed by atoms with Gasteiger partial charge in [0, 0.05) is 137 Å². The molecular formula is C92H87Cl7N6O23S6. The number of carbonyl (C=O) groups is 14. The number of rotatable bonds is 29. The number of carboxylic acids is 3. The zero-order valence-corrected chi connectivity index (χ0v) is 82.1. The van der Waals surface area contributed by atoms with Gasteiger partial charge in [-0.3, -0.25) is 57.5 Å². The summed E-state index contributed by atoms with van der Waals surface area (Å²) in [6.07, 6.45) is 8.65. The molecule has 134 heavy (non-hydrogen) atoms. The number of hydrogen-bond donors (Lipinski definition) is 5. The highest BCUT2D eigenvalue weighted by Gasteiger charge is 2.58.